The second kappa shape index (κ2) is 12.5. The summed E-state index contributed by atoms with van der Waals surface area (Å²) in [6.45, 7) is 4.85. The number of aryl methyl sites for hydroxylation is 1. The number of thiazole rings is 1. The Bertz CT molecular complexity index is 1060. The van der Waals surface area contributed by atoms with Gasteiger partial charge in [0.05, 0.1) is 16.6 Å². The summed E-state index contributed by atoms with van der Waals surface area (Å²) in [6.07, 6.45) is 6.72. The maximum absolute atomic E-state index is 12.4. The third-order valence-corrected chi connectivity index (χ3v) is 6.64. The Morgan fingerprint density at radius 2 is 1.76 bits per heavy atom. The summed E-state index contributed by atoms with van der Waals surface area (Å²) in [5.74, 6) is -1.32. The maximum Gasteiger partial charge on any atom is 0.321 e. The van der Waals surface area contributed by atoms with E-state index in [2.05, 4.69) is 41.6 Å². The number of anilines is 1. The lowest BCUT2D eigenvalue weighted by atomic mass is 10.1. The van der Waals surface area contributed by atoms with Crippen LogP contribution >= 0.6 is 11.3 Å². The summed E-state index contributed by atoms with van der Waals surface area (Å²) in [5, 5.41) is 16.2. The van der Waals surface area contributed by atoms with Crippen molar-refractivity contribution in [2.45, 2.75) is 64.8 Å². The first-order valence-corrected chi connectivity index (χ1v) is 12.5. The van der Waals surface area contributed by atoms with Gasteiger partial charge in [0.15, 0.2) is 0 Å². The highest BCUT2D eigenvalue weighted by molar-refractivity contribution is 7.21. The van der Waals surface area contributed by atoms with Crippen molar-refractivity contribution >= 4 is 39.1 Å². The molecule has 176 valence electrons. The first-order valence-electron chi connectivity index (χ1n) is 11.7. The minimum absolute atomic E-state index is 0.107. The first kappa shape index (κ1) is 24.9. The molecule has 1 amide bonds. The molecule has 1 atom stereocenters. The smallest absolute Gasteiger partial charge is 0.321 e. The summed E-state index contributed by atoms with van der Waals surface area (Å²) in [5.41, 5.74) is 3.81. The summed E-state index contributed by atoms with van der Waals surface area (Å²) in [6, 6.07) is 12.8. The van der Waals surface area contributed by atoms with Crippen LogP contribution in [0.4, 0.5) is 5.69 Å². The number of rotatable bonds is 13. The van der Waals surface area contributed by atoms with E-state index in [9.17, 15) is 14.7 Å². The molecule has 0 radical (unpaired) electrons. The van der Waals surface area contributed by atoms with Crippen molar-refractivity contribution in [3.63, 3.8) is 0 Å². The third kappa shape index (κ3) is 7.65. The number of amides is 1. The molecule has 3 N–H and O–H groups in total. The quantitative estimate of drug-likeness (QED) is 0.268. The van der Waals surface area contributed by atoms with Gasteiger partial charge in [-0.05, 0) is 61.9 Å². The van der Waals surface area contributed by atoms with Crippen molar-refractivity contribution in [3.05, 3.63) is 48.0 Å². The molecule has 1 unspecified atom stereocenters. The molecule has 0 saturated heterocycles. The molecule has 33 heavy (non-hydrogen) atoms. The summed E-state index contributed by atoms with van der Waals surface area (Å²) >= 11 is 1.64. The van der Waals surface area contributed by atoms with E-state index in [0.29, 0.717) is 12.2 Å². The molecule has 1 heterocycles. The van der Waals surface area contributed by atoms with E-state index in [4.69, 9.17) is 0 Å². The SMILES string of the molecule is CCCCCCCCNC(CC(=O)Nc1ccc(-c2nc3ccc(C)cc3s2)cc1)C(=O)O. The van der Waals surface area contributed by atoms with Crippen LogP contribution in [-0.2, 0) is 9.59 Å². The van der Waals surface area contributed by atoms with Gasteiger partial charge in [-0.25, -0.2) is 4.98 Å². The molecule has 3 aromatic rings. The standard InChI is InChI=1S/C26H33N3O3S/c1-3-4-5-6-7-8-15-27-22(26(31)32)17-24(30)28-20-12-10-19(11-13-20)25-29-21-14-9-18(2)16-23(21)33-25/h9-14,16,22,27H,3-8,15,17H2,1-2H3,(H,28,30)(H,31,32). The Labute approximate surface area is 199 Å². The van der Waals surface area contributed by atoms with Gasteiger partial charge in [0, 0.05) is 11.3 Å². The van der Waals surface area contributed by atoms with Crippen LogP contribution in [0.3, 0.4) is 0 Å². The first-order chi connectivity index (χ1) is 16.0. The van der Waals surface area contributed by atoms with Crippen molar-refractivity contribution in [3.8, 4) is 10.6 Å². The molecule has 6 nitrogen and oxygen atoms in total. The number of nitrogens with zero attached hydrogens (tertiary/aromatic N) is 1. The zero-order chi connectivity index (χ0) is 23.6. The second-order valence-electron chi connectivity index (χ2n) is 8.43. The fraction of sp³-hybridized carbons (Fsp3) is 0.423. The summed E-state index contributed by atoms with van der Waals surface area (Å²) in [7, 11) is 0. The van der Waals surface area contributed by atoms with Gasteiger partial charge in [-0.15, -0.1) is 11.3 Å². The van der Waals surface area contributed by atoms with Crippen molar-refractivity contribution in [1.82, 2.24) is 10.3 Å². The van der Waals surface area contributed by atoms with Gasteiger partial charge < -0.3 is 15.7 Å². The van der Waals surface area contributed by atoms with Gasteiger partial charge in [-0.1, -0.05) is 45.1 Å². The van der Waals surface area contributed by atoms with Crippen LogP contribution in [0.25, 0.3) is 20.8 Å². The number of carbonyl (C=O) groups is 2. The Hall–Kier alpha value is -2.77. The third-order valence-electron chi connectivity index (χ3n) is 5.57. The summed E-state index contributed by atoms with van der Waals surface area (Å²) < 4.78 is 1.15. The molecule has 0 bridgehead atoms. The lowest BCUT2D eigenvalue weighted by Crippen LogP contribution is -2.40. The molecule has 1 aromatic heterocycles. The lowest BCUT2D eigenvalue weighted by molar-refractivity contribution is -0.141. The van der Waals surface area contributed by atoms with Crippen molar-refractivity contribution in [2.24, 2.45) is 0 Å². The van der Waals surface area contributed by atoms with Gasteiger partial charge in [-0.3, -0.25) is 9.59 Å². The molecular formula is C26H33N3O3S. The Kier molecular flexibility index (Phi) is 9.39. The van der Waals surface area contributed by atoms with E-state index < -0.39 is 12.0 Å². The van der Waals surface area contributed by atoms with Gasteiger partial charge in [0.25, 0.3) is 0 Å². The van der Waals surface area contributed by atoms with E-state index in [-0.39, 0.29) is 12.3 Å². The maximum atomic E-state index is 12.4. The number of aromatic nitrogens is 1. The monoisotopic (exact) mass is 467 g/mol. The normalized spacial score (nSPS) is 12.1. The second-order valence-corrected chi connectivity index (χ2v) is 9.46. The molecule has 0 aliphatic rings. The molecule has 7 heteroatoms. The van der Waals surface area contributed by atoms with E-state index in [1.165, 1.54) is 31.2 Å². The van der Waals surface area contributed by atoms with Crippen LogP contribution in [0.5, 0.6) is 0 Å². The molecule has 0 aliphatic carbocycles. The number of nitrogens with one attached hydrogen (secondary N) is 2. The number of hydrogen-bond donors (Lipinski definition) is 3. The number of fused-ring (bicyclic) bond motifs is 1. The average Bonchev–Trinajstić information content (AvgIpc) is 3.21. The zero-order valence-electron chi connectivity index (χ0n) is 19.4. The highest BCUT2D eigenvalue weighted by atomic mass is 32.1. The van der Waals surface area contributed by atoms with Crippen LogP contribution in [0.1, 0.15) is 57.4 Å². The van der Waals surface area contributed by atoms with Gasteiger partial charge in [0.2, 0.25) is 5.91 Å². The van der Waals surface area contributed by atoms with Crippen LogP contribution in [0.15, 0.2) is 42.5 Å². The number of hydrogen-bond acceptors (Lipinski definition) is 5. The van der Waals surface area contributed by atoms with Crippen LogP contribution < -0.4 is 10.6 Å². The number of carboxylic acid groups (broad SMARTS) is 1. The number of benzene rings is 2. The predicted octanol–water partition coefficient (Wildman–Crippen LogP) is 6.00. The number of aliphatic carboxylic acids is 1. The molecule has 2 aromatic carbocycles. The number of unbranched alkanes of at least 4 members (excludes halogenated alkanes) is 5. The minimum atomic E-state index is -1.00. The highest BCUT2D eigenvalue weighted by Crippen LogP contribution is 2.31. The van der Waals surface area contributed by atoms with Crippen molar-refractivity contribution in [2.75, 3.05) is 11.9 Å². The molecule has 0 saturated carbocycles. The van der Waals surface area contributed by atoms with Crippen LogP contribution in [0.2, 0.25) is 0 Å². The number of carboxylic acids is 1. The topological polar surface area (TPSA) is 91.3 Å². The lowest BCUT2D eigenvalue weighted by Gasteiger charge is -2.14. The van der Waals surface area contributed by atoms with E-state index in [0.717, 1.165) is 33.6 Å². The van der Waals surface area contributed by atoms with Crippen LogP contribution in [0, 0.1) is 6.92 Å². The highest BCUT2D eigenvalue weighted by Gasteiger charge is 2.20. The molecule has 0 aliphatic heterocycles. The molecule has 0 spiro atoms. The van der Waals surface area contributed by atoms with E-state index in [1.54, 1.807) is 11.3 Å². The van der Waals surface area contributed by atoms with Crippen LogP contribution in [-0.4, -0.2) is 34.6 Å². The predicted molar refractivity (Wildman–Crippen MR) is 136 cm³/mol. The van der Waals surface area contributed by atoms with E-state index in [1.807, 2.05) is 30.3 Å². The zero-order valence-corrected chi connectivity index (χ0v) is 20.2. The summed E-state index contributed by atoms with van der Waals surface area (Å²) in [4.78, 5) is 28.6. The van der Waals surface area contributed by atoms with Crippen molar-refractivity contribution < 1.29 is 14.7 Å². The Balaban J connectivity index is 1.49. The molecule has 0 fully saturated rings. The fourth-order valence-corrected chi connectivity index (χ4v) is 4.75. The largest absolute Gasteiger partial charge is 0.480 e. The molecule has 3 rings (SSSR count). The minimum Gasteiger partial charge on any atom is -0.480 e. The van der Waals surface area contributed by atoms with Gasteiger partial charge in [-0.2, -0.15) is 0 Å². The molecular weight excluding hydrogens is 434 g/mol. The van der Waals surface area contributed by atoms with Gasteiger partial charge in [0.1, 0.15) is 11.0 Å². The van der Waals surface area contributed by atoms with Crippen molar-refractivity contribution in [1.29, 1.82) is 0 Å². The Morgan fingerprint density at radius 1 is 1.03 bits per heavy atom. The average molecular weight is 468 g/mol. The van der Waals surface area contributed by atoms with Gasteiger partial charge >= 0.3 is 5.97 Å². The number of carbonyl (C=O) groups excluding carboxylic acids is 1. The van der Waals surface area contributed by atoms with E-state index >= 15 is 0 Å². The Morgan fingerprint density at radius 3 is 2.48 bits per heavy atom. The fourth-order valence-electron chi connectivity index (χ4n) is 3.68.